The molecule has 0 saturated carbocycles. The van der Waals surface area contributed by atoms with Gasteiger partial charge in [0.05, 0.1) is 12.2 Å². The summed E-state index contributed by atoms with van der Waals surface area (Å²) in [4.78, 5) is 0. The molecule has 3 unspecified atom stereocenters. The number of hydrogen-bond donors (Lipinski definition) is 0. The van der Waals surface area contributed by atoms with Crippen molar-refractivity contribution in [1.82, 2.24) is 0 Å². The summed E-state index contributed by atoms with van der Waals surface area (Å²) < 4.78 is 12.3. The molecule has 3 atom stereocenters. The van der Waals surface area contributed by atoms with Gasteiger partial charge in [0.2, 0.25) is 0 Å². The summed E-state index contributed by atoms with van der Waals surface area (Å²) in [7, 11) is -1.40. The normalized spacial score (nSPS) is 27.9. The molecule has 1 aliphatic rings. The van der Waals surface area contributed by atoms with Gasteiger partial charge in [-0.2, -0.15) is 0 Å². The summed E-state index contributed by atoms with van der Waals surface area (Å²) in [6.45, 7) is 16.3. The van der Waals surface area contributed by atoms with Crippen molar-refractivity contribution < 1.29 is 9.16 Å². The van der Waals surface area contributed by atoms with E-state index in [-0.39, 0.29) is 6.10 Å². The van der Waals surface area contributed by atoms with E-state index in [2.05, 4.69) is 41.2 Å². The van der Waals surface area contributed by atoms with Gasteiger partial charge in [0.15, 0.2) is 8.32 Å². The van der Waals surface area contributed by atoms with Crippen LogP contribution in [0.4, 0.5) is 0 Å². The molecular formula is C17H34O2Si. The van der Waals surface area contributed by atoms with Gasteiger partial charge in [-0.1, -0.05) is 34.3 Å². The minimum absolute atomic E-state index is 0.222. The second-order valence-corrected chi connectivity index (χ2v) is 11.1. The van der Waals surface area contributed by atoms with Gasteiger partial charge in [-0.05, 0) is 55.8 Å². The lowest BCUT2D eigenvalue weighted by molar-refractivity contribution is -0.0297. The highest BCUT2D eigenvalue weighted by Gasteiger charge is 2.29. The van der Waals surface area contributed by atoms with Crippen LogP contribution >= 0.6 is 0 Å². The Morgan fingerprint density at radius 3 is 2.30 bits per heavy atom. The van der Waals surface area contributed by atoms with Crippen LogP contribution in [0.15, 0.2) is 12.2 Å². The zero-order valence-corrected chi connectivity index (χ0v) is 15.2. The Morgan fingerprint density at radius 1 is 1.20 bits per heavy atom. The quantitative estimate of drug-likeness (QED) is 0.350. The van der Waals surface area contributed by atoms with Crippen LogP contribution in [-0.4, -0.2) is 27.1 Å². The van der Waals surface area contributed by atoms with Crippen molar-refractivity contribution in [2.75, 3.05) is 6.61 Å². The maximum Gasteiger partial charge on any atom is 0.191 e. The first kappa shape index (κ1) is 17.9. The predicted octanol–water partition coefficient (Wildman–Crippen LogP) is 5.16. The predicted molar refractivity (Wildman–Crippen MR) is 89.6 cm³/mol. The molecule has 1 fully saturated rings. The van der Waals surface area contributed by atoms with Crippen LogP contribution in [-0.2, 0) is 9.16 Å². The van der Waals surface area contributed by atoms with E-state index < -0.39 is 8.32 Å². The lowest BCUT2D eigenvalue weighted by atomic mass is 9.88. The average molecular weight is 299 g/mol. The average Bonchev–Trinajstić information content (AvgIpc) is 2.45. The number of rotatable bonds is 8. The molecule has 0 aromatic heterocycles. The van der Waals surface area contributed by atoms with E-state index in [1.54, 1.807) is 0 Å². The van der Waals surface area contributed by atoms with E-state index in [0.29, 0.717) is 12.0 Å². The standard InChI is InChI=1S/C17H34O2Si/c1-7-20(8-2,9-3)18-12-10-11-17-13-14(4)15(5)16(6)19-17/h14,16-17H,5,7-13H2,1-4,6H3. The van der Waals surface area contributed by atoms with Crippen molar-refractivity contribution in [3.8, 4) is 0 Å². The summed E-state index contributed by atoms with van der Waals surface area (Å²) >= 11 is 0. The van der Waals surface area contributed by atoms with Gasteiger partial charge in [0, 0.05) is 6.61 Å². The van der Waals surface area contributed by atoms with Gasteiger partial charge >= 0.3 is 0 Å². The fourth-order valence-corrected chi connectivity index (χ4v) is 5.91. The zero-order valence-electron chi connectivity index (χ0n) is 14.2. The minimum atomic E-state index is -1.40. The van der Waals surface area contributed by atoms with Gasteiger partial charge in [0.25, 0.3) is 0 Å². The lowest BCUT2D eigenvalue weighted by Gasteiger charge is -2.34. The van der Waals surface area contributed by atoms with Crippen LogP contribution in [0.5, 0.6) is 0 Å². The molecule has 1 saturated heterocycles. The van der Waals surface area contributed by atoms with Crippen molar-refractivity contribution in [2.45, 2.75) is 84.2 Å². The summed E-state index contributed by atoms with van der Waals surface area (Å²) in [6.07, 6.45) is 4.01. The molecule has 118 valence electrons. The van der Waals surface area contributed by atoms with E-state index in [9.17, 15) is 0 Å². The van der Waals surface area contributed by atoms with E-state index in [1.165, 1.54) is 23.7 Å². The molecule has 1 aliphatic heterocycles. The van der Waals surface area contributed by atoms with Crippen molar-refractivity contribution in [1.29, 1.82) is 0 Å². The van der Waals surface area contributed by atoms with Gasteiger partial charge in [0.1, 0.15) is 0 Å². The van der Waals surface area contributed by atoms with Crippen molar-refractivity contribution in [3.05, 3.63) is 12.2 Å². The van der Waals surface area contributed by atoms with Gasteiger partial charge in [-0.15, -0.1) is 0 Å². The van der Waals surface area contributed by atoms with Crippen LogP contribution in [0.25, 0.3) is 0 Å². The highest BCUT2D eigenvalue weighted by atomic mass is 28.4. The first-order chi connectivity index (χ1) is 9.48. The molecular weight excluding hydrogens is 264 g/mol. The van der Waals surface area contributed by atoms with Gasteiger partial charge < -0.3 is 9.16 Å². The maximum absolute atomic E-state index is 6.31. The Labute approximate surface area is 127 Å². The highest BCUT2D eigenvalue weighted by molar-refractivity contribution is 6.73. The van der Waals surface area contributed by atoms with E-state index in [4.69, 9.17) is 9.16 Å². The molecule has 0 aromatic carbocycles. The molecule has 0 amide bonds. The first-order valence-corrected chi connectivity index (χ1v) is 11.0. The SMILES string of the molecule is C=C1C(C)CC(CCCO[Si](CC)(CC)CC)OC1C. The van der Waals surface area contributed by atoms with Crippen molar-refractivity contribution >= 4 is 8.32 Å². The third kappa shape index (κ3) is 4.71. The summed E-state index contributed by atoms with van der Waals surface area (Å²) in [6, 6.07) is 3.73. The van der Waals surface area contributed by atoms with Crippen molar-refractivity contribution in [2.24, 2.45) is 5.92 Å². The zero-order chi connectivity index (χ0) is 15.2. The molecule has 0 aliphatic carbocycles. The van der Waals surface area contributed by atoms with Crippen molar-refractivity contribution in [3.63, 3.8) is 0 Å². The van der Waals surface area contributed by atoms with E-state index >= 15 is 0 Å². The molecule has 0 spiro atoms. The van der Waals surface area contributed by atoms with E-state index in [0.717, 1.165) is 25.9 Å². The van der Waals surface area contributed by atoms with E-state index in [1.807, 2.05) is 0 Å². The monoisotopic (exact) mass is 298 g/mol. The summed E-state index contributed by atoms with van der Waals surface area (Å²) in [5.74, 6) is 0.597. The Hall–Kier alpha value is -0.123. The molecule has 0 aromatic rings. The lowest BCUT2D eigenvalue weighted by Crippen LogP contribution is -2.36. The molecule has 1 rings (SSSR count). The third-order valence-corrected chi connectivity index (χ3v) is 9.86. The topological polar surface area (TPSA) is 18.5 Å². The smallest absolute Gasteiger partial charge is 0.191 e. The Balaban J connectivity index is 2.29. The number of ether oxygens (including phenoxy) is 1. The van der Waals surface area contributed by atoms with Crippen LogP contribution in [0.2, 0.25) is 18.1 Å². The Morgan fingerprint density at radius 2 is 1.80 bits per heavy atom. The van der Waals surface area contributed by atoms with Crippen LogP contribution in [0.3, 0.4) is 0 Å². The van der Waals surface area contributed by atoms with Crippen LogP contribution in [0, 0.1) is 5.92 Å². The fraction of sp³-hybridized carbons (Fsp3) is 0.882. The molecule has 1 heterocycles. The van der Waals surface area contributed by atoms with Crippen LogP contribution < -0.4 is 0 Å². The molecule has 2 nitrogen and oxygen atoms in total. The van der Waals surface area contributed by atoms with Crippen LogP contribution in [0.1, 0.15) is 53.9 Å². The summed E-state index contributed by atoms with van der Waals surface area (Å²) in [5.41, 5.74) is 1.26. The molecule has 0 radical (unpaired) electrons. The molecule has 3 heteroatoms. The second kappa shape index (κ2) is 8.35. The minimum Gasteiger partial charge on any atom is -0.417 e. The fourth-order valence-electron chi connectivity index (χ4n) is 3.22. The Kier molecular flexibility index (Phi) is 7.49. The van der Waals surface area contributed by atoms with Gasteiger partial charge in [-0.3, -0.25) is 0 Å². The number of hydrogen-bond acceptors (Lipinski definition) is 2. The molecule has 0 N–H and O–H groups in total. The third-order valence-electron chi connectivity index (χ3n) is 5.18. The highest BCUT2D eigenvalue weighted by Crippen LogP contribution is 2.30. The second-order valence-electron chi connectivity index (χ2n) is 6.35. The summed E-state index contributed by atoms with van der Waals surface area (Å²) in [5, 5.41) is 0. The molecule has 20 heavy (non-hydrogen) atoms. The largest absolute Gasteiger partial charge is 0.417 e. The van der Waals surface area contributed by atoms with Gasteiger partial charge in [-0.25, -0.2) is 0 Å². The first-order valence-electron chi connectivity index (χ1n) is 8.46. The Bertz CT molecular complexity index is 277. The maximum atomic E-state index is 6.31. The molecule has 0 bridgehead atoms.